The molecule has 1 aromatic heterocycles. The van der Waals surface area contributed by atoms with Gasteiger partial charge in [0.05, 0.1) is 11.9 Å². The summed E-state index contributed by atoms with van der Waals surface area (Å²) in [5.74, 6) is 0.573. The van der Waals surface area contributed by atoms with Crippen LogP contribution in [0.4, 0.5) is 11.5 Å². The molecule has 1 aromatic rings. The average molecular weight is 206 g/mol. The second-order valence-electron chi connectivity index (χ2n) is 4.19. The van der Waals surface area contributed by atoms with Gasteiger partial charge in [0.1, 0.15) is 5.82 Å². The first-order chi connectivity index (χ1) is 7.24. The number of hydrogen-bond acceptors (Lipinski definition) is 4. The van der Waals surface area contributed by atoms with E-state index in [9.17, 15) is 0 Å². The number of nitrogens with two attached hydrogens (primary N) is 1. The molecule has 4 nitrogen and oxygen atoms in total. The van der Waals surface area contributed by atoms with Gasteiger partial charge >= 0.3 is 0 Å². The van der Waals surface area contributed by atoms with Gasteiger partial charge in [0.15, 0.2) is 0 Å². The predicted octanol–water partition coefficient (Wildman–Crippen LogP) is 1.17. The molecular weight excluding hydrogens is 188 g/mol. The third-order valence-electron chi connectivity index (χ3n) is 2.88. The maximum atomic E-state index is 5.53. The van der Waals surface area contributed by atoms with Crippen molar-refractivity contribution in [2.45, 2.75) is 18.9 Å². The third-order valence-corrected chi connectivity index (χ3v) is 2.88. The summed E-state index contributed by atoms with van der Waals surface area (Å²) < 4.78 is 0. The summed E-state index contributed by atoms with van der Waals surface area (Å²) in [6, 6.07) is 4.39. The SMILES string of the molecule is CN1CCC(Nc2ccc(N)nc2)CC1. The summed E-state index contributed by atoms with van der Waals surface area (Å²) in [4.78, 5) is 6.42. The van der Waals surface area contributed by atoms with E-state index in [0.717, 1.165) is 5.69 Å². The fourth-order valence-corrected chi connectivity index (χ4v) is 1.88. The number of likely N-dealkylation sites (tertiary alicyclic amines) is 1. The number of pyridine rings is 1. The first kappa shape index (κ1) is 10.2. The van der Waals surface area contributed by atoms with Gasteiger partial charge in [0.2, 0.25) is 0 Å². The number of nitrogens with one attached hydrogen (secondary N) is 1. The lowest BCUT2D eigenvalue weighted by atomic mass is 10.1. The molecule has 82 valence electrons. The van der Waals surface area contributed by atoms with Crippen LogP contribution in [-0.2, 0) is 0 Å². The lowest BCUT2D eigenvalue weighted by molar-refractivity contribution is 0.264. The van der Waals surface area contributed by atoms with E-state index >= 15 is 0 Å². The highest BCUT2D eigenvalue weighted by Crippen LogP contribution is 2.15. The zero-order valence-corrected chi connectivity index (χ0v) is 9.11. The zero-order chi connectivity index (χ0) is 10.7. The van der Waals surface area contributed by atoms with Gasteiger partial charge in [0, 0.05) is 6.04 Å². The molecule has 0 bridgehead atoms. The molecule has 3 N–H and O–H groups in total. The number of anilines is 2. The van der Waals surface area contributed by atoms with Gasteiger partial charge in [0.25, 0.3) is 0 Å². The quantitative estimate of drug-likeness (QED) is 0.762. The van der Waals surface area contributed by atoms with Crippen LogP contribution < -0.4 is 11.1 Å². The summed E-state index contributed by atoms with van der Waals surface area (Å²) in [5.41, 5.74) is 6.60. The molecule has 0 radical (unpaired) electrons. The van der Waals surface area contributed by atoms with Crippen molar-refractivity contribution in [1.29, 1.82) is 0 Å². The molecule has 1 saturated heterocycles. The highest BCUT2D eigenvalue weighted by atomic mass is 15.1. The molecule has 1 aliphatic rings. The van der Waals surface area contributed by atoms with Gasteiger partial charge in [-0.25, -0.2) is 4.98 Å². The van der Waals surface area contributed by atoms with E-state index in [-0.39, 0.29) is 0 Å². The molecule has 0 amide bonds. The van der Waals surface area contributed by atoms with Crippen molar-refractivity contribution in [3.8, 4) is 0 Å². The lowest BCUT2D eigenvalue weighted by Crippen LogP contribution is -2.36. The number of nitrogen functional groups attached to an aromatic ring is 1. The van der Waals surface area contributed by atoms with E-state index in [1.165, 1.54) is 25.9 Å². The minimum atomic E-state index is 0.573. The number of aromatic nitrogens is 1. The number of hydrogen-bond donors (Lipinski definition) is 2. The van der Waals surface area contributed by atoms with Crippen molar-refractivity contribution in [1.82, 2.24) is 9.88 Å². The fourth-order valence-electron chi connectivity index (χ4n) is 1.88. The summed E-state index contributed by atoms with van der Waals surface area (Å²) in [7, 11) is 2.17. The maximum absolute atomic E-state index is 5.53. The standard InChI is InChI=1S/C11H18N4/c1-15-6-4-9(5-7-15)14-10-2-3-11(12)13-8-10/h2-3,8-9,14H,4-7H2,1H3,(H2,12,13). The van der Waals surface area contributed by atoms with Crippen molar-refractivity contribution in [3.63, 3.8) is 0 Å². The van der Waals surface area contributed by atoms with Crippen LogP contribution in [0, 0.1) is 0 Å². The second kappa shape index (κ2) is 4.49. The molecule has 4 heteroatoms. The van der Waals surface area contributed by atoms with Gasteiger partial charge in [-0.1, -0.05) is 0 Å². The van der Waals surface area contributed by atoms with Crippen LogP contribution in [0.25, 0.3) is 0 Å². The topological polar surface area (TPSA) is 54.2 Å². The number of piperidine rings is 1. The number of nitrogens with zero attached hydrogens (tertiary/aromatic N) is 2. The lowest BCUT2D eigenvalue weighted by Gasteiger charge is -2.30. The van der Waals surface area contributed by atoms with Crippen LogP contribution >= 0.6 is 0 Å². The first-order valence-electron chi connectivity index (χ1n) is 5.40. The van der Waals surface area contributed by atoms with Crippen molar-refractivity contribution < 1.29 is 0 Å². The Bertz CT molecular complexity index is 301. The summed E-state index contributed by atoms with van der Waals surface area (Å²) in [5, 5.41) is 3.48. The Kier molecular flexibility index (Phi) is 3.06. The monoisotopic (exact) mass is 206 g/mol. The van der Waals surface area contributed by atoms with Crippen LogP contribution in [-0.4, -0.2) is 36.1 Å². The minimum absolute atomic E-state index is 0.573. The Morgan fingerprint density at radius 3 is 2.73 bits per heavy atom. The Labute approximate surface area is 90.5 Å². The second-order valence-corrected chi connectivity index (χ2v) is 4.19. The first-order valence-corrected chi connectivity index (χ1v) is 5.40. The van der Waals surface area contributed by atoms with E-state index in [2.05, 4.69) is 22.2 Å². The summed E-state index contributed by atoms with van der Waals surface area (Å²) in [6.45, 7) is 2.33. The molecule has 0 saturated carbocycles. The molecule has 0 aliphatic carbocycles. The normalized spacial score (nSPS) is 19.0. The molecule has 1 aliphatic heterocycles. The Balaban J connectivity index is 1.89. The Morgan fingerprint density at radius 2 is 2.13 bits per heavy atom. The molecule has 0 spiro atoms. The minimum Gasteiger partial charge on any atom is -0.384 e. The van der Waals surface area contributed by atoms with Crippen molar-refractivity contribution >= 4 is 11.5 Å². The molecule has 0 unspecified atom stereocenters. The van der Waals surface area contributed by atoms with Gasteiger partial charge in [-0.15, -0.1) is 0 Å². The number of rotatable bonds is 2. The van der Waals surface area contributed by atoms with Gasteiger partial charge < -0.3 is 16.0 Å². The van der Waals surface area contributed by atoms with E-state index in [0.29, 0.717) is 11.9 Å². The average Bonchev–Trinajstić information content (AvgIpc) is 2.25. The molecule has 0 atom stereocenters. The Morgan fingerprint density at radius 1 is 1.40 bits per heavy atom. The van der Waals surface area contributed by atoms with Gasteiger partial charge in [-0.05, 0) is 45.1 Å². The highest BCUT2D eigenvalue weighted by molar-refractivity contribution is 5.46. The van der Waals surface area contributed by atoms with Gasteiger partial charge in [-0.2, -0.15) is 0 Å². The Hall–Kier alpha value is -1.29. The highest BCUT2D eigenvalue weighted by Gasteiger charge is 2.15. The smallest absolute Gasteiger partial charge is 0.123 e. The summed E-state index contributed by atoms with van der Waals surface area (Å²) in [6.07, 6.45) is 4.19. The molecule has 0 aromatic carbocycles. The maximum Gasteiger partial charge on any atom is 0.123 e. The van der Waals surface area contributed by atoms with E-state index in [1.807, 2.05) is 12.1 Å². The van der Waals surface area contributed by atoms with E-state index in [1.54, 1.807) is 6.20 Å². The molecular formula is C11H18N4. The van der Waals surface area contributed by atoms with Crippen LogP contribution in [0.2, 0.25) is 0 Å². The predicted molar refractivity (Wildman–Crippen MR) is 62.8 cm³/mol. The van der Waals surface area contributed by atoms with Crippen LogP contribution in [0.15, 0.2) is 18.3 Å². The largest absolute Gasteiger partial charge is 0.384 e. The van der Waals surface area contributed by atoms with Crippen molar-refractivity contribution in [2.24, 2.45) is 0 Å². The van der Waals surface area contributed by atoms with E-state index < -0.39 is 0 Å². The van der Waals surface area contributed by atoms with Gasteiger partial charge in [-0.3, -0.25) is 0 Å². The van der Waals surface area contributed by atoms with Crippen LogP contribution in [0.3, 0.4) is 0 Å². The van der Waals surface area contributed by atoms with Crippen LogP contribution in [0.5, 0.6) is 0 Å². The summed E-state index contributed by atoms with van der Waals surface area (Å²) >= 11 is 0. The third kappa shape index (κ3) is 2.83. The fraction of sp³-hybridized carbons (Fsp3) is 0.545. The van der Waals surface area contributed by atoms with Crippen LogP contribution in [0.1, 0.15) is 12.8 Å². The molecule has 1 fully saturated rings. The van der Waals surface area contributed by atoms with E-state index in [4.69, 9.17) is 5.73 Å². The molecule has 15 heavy (non-hydrogen) atoms. The van der Waals surface area contributed by atoms with Crippen molar-refractivity contribution in [2.75, 3.05) is 31.2 Å². The molecule has 2 rings (SSSR count). The zero-order valence-electron chi connectivity index (χ0n) is 9.11. The van der Waals surface area contributed by atoms with Crippen molar-refractivity contribution in [3.05, 3.63) is 18.3 Å². The molecule has 2 heterocycles.